The molecule has 1 heterocycles. The summed E-state index contributed by atoms with van der Waals surface area (Å²) in [5.41, 5.74) is -0.187. The van der Waals surface area contributed by atoms with Gasteiger partial charge in [-0.05, 0) is 24.4 Å². The lowest BCUT2D eigenvalue weighted by Crippen LogP contribution is -2.31. The maximum absolute atomic E-state index is 11.9. The van der Waals surface area contributed by atoms with Crippen LogP contribution >= 0.6 is 11.3 Å². The predicted molar refractivity (Wildman–Crippen MR) is 84.9 cm³/mol. The standard InChI is InChI=1S/C15H14N2O5S/c1-10(14-3-2-6-23-14)16-15(19)9-22-13-5-4-12(17(20)21)7-11(13)8-18/h2-8,10H,9H2,1H3,(H,16,19). The average Bonchev–Trinajstić information content (AvgIpc) is 3.07. The van der Waals surface area contributed by atoms with Gasteiger partial charge in [0.2, 0.25) is 0 Å². The maximum atomic E-state index is 11.9. The quantitative estimate of drug-likeness (QED) is 0.477. The molecule has 1 atom stereocenters. The van der Waals surface area contributed by atoms with E-state index in [9.17, 15) is 19.7 Å². The van der Waals surface area contributed by atoms with Crippen LogP contribution in [0.15, 0.2) is 35.7 Å². The van der Waals surface area contributed by atoms with Crippen molar-refractivity contribution in [2.45, 2.75) is 13.0 Å². The van der Waals surface area contributed by atoms with Gasteiger partial charge in [0, 0.05) is 17.0 Å². The van der Waals surface area contributed by atoms with Gasteiger partial charge < -0.3 is 10.1 Å². The minimum Gasteiger partial charge on any atom is -0.483 e. The highest BCUT2D eigenvalue weighted by Gasteiger charge is 2.14. The Hall–Kier alpha value is -2.74. The summed E-state index contributed by atoms with van der Waals surface area (Å²) in [6.45, 7) is 1.57. The minimum absolute atomic E-state index is 0.0262. The molecule has 23 heavy (non-hydrogen) atoms. The van der Waals surface area contributed by atoms with Crippen molar-refractivity contribution in [3.8, 4) is 5.75 Å². The topological polar surface area (TPSA) is 98.5 Å². The Kier molecular flexibility index (Phi) is 5.42. The number of carbonyl (C=O) groups excluding carboxylic acids is 2. The van der Waals surface area contributed by atoms with Gasteiger partial charge in [-0.15, -0.1) is 11.3 Å². The molecule has 1 unspecified atom stereocenters. The molecule has 1 aromatic heterocycles. The van der Waals surface area contributed by atoms with Crippen molar-refractivity contribution in [2.75, 3.05) is 6.61 Å². The summed E-state index contributed by atoms with van der Waals surface area (Å²) in [7, 11) is 0. The summed E-state index contributed by atoms with van der Waals surface area (Å²) in [6, 6.07) is 7.29. The summed E-state index contributed by atoms with van der Waals surface area (Å²) in [6.07, 6.45) is 0.453. The van der Waals surface area contributed by atoms with Crippen molar-refractivity contribution < 1.29 is 19.2 Å². The normalized spacial score (nSPS) is 11.5. The van der Waals surface area contributed by atoms with E-state index in [-0.39, 0.29) is 35.6 Å². The number of aldehydes is 1. The summed E-state index contributed by atoms with van der Waals surface area (Å²) < 4.78 is 5.28. The average molecular weight is 334 g/mol. The van der Waals surface area contributed by atoms with Crippen molar-refractivity contribution in [1.29, 1.82) is 0 Å². The van der Waals surface area contributed by atoms with Crippen LogP contribution < -0.4 is 10.1 Å². The number of benzene rings is 1. The van der Waals surface area contributed by atoms with E-state index in [1.165, 1.54) is 23.5 Å². The first-order chi connectivity index (χ1) is 11.0. The Labute approximate surface area is 136 Å². The molecule has 7 nitrogen and oxygen atoms in total. The molecule has 0 saturated carbocycles. The number of carbonyl (C=O) groups is 2. The monoisotopic (exact) mass is 334 g/mol. The minimum atomic E-state index is -0.605. The van der Waals surface area contributed by atoms with E-state index < -0.39 is 4.92 Å². The van der Waals surface area contributed by atoms with Crippen molar-refractivity contribution >= 4 is 29.2 Å². The van der Waals surface area contributed by atoms with Crippen LogP contribution in [0, 0.1) is 10.1 Å². The van der Waals surface area contributed by atoms with E-state index >= 15 is 0 Å². The molecule has 0 bridgehead atoms. The summed E-state index contributed by atoms with van der Waals surface area (Å²) >= 11 is 1.53. The molecule has 2 rings (SSSR count). The maximum Gasteiger partial charge on any atom is 0.270 e. The van der Waals surface area contributed by atoms with Crippen LogP contribution in [0.3, 0.4) is 0 Å². The van der Waals surface area contributed by atoms with Crippen molar-refractivity contribution in [2.24, 2.45) is 0 Å². The Bertz CT molecular complexity index is 715. The lowest BCUT2D eigenvalue weighted by molar-refractivity contribution is -0.384. The van der Waals surface area contributed by atoms with Gasteiger partial charge >= 0.3 is 0 Å². The first-order valence-corrected chi connectivity index (χ1v) is 7.58. The van der Waals surface area contributed by atoms with Gasteiger partial charge in [-0.1, -0.05) is 6.07 Å². The largest absolute Gasteiger partial charge is 0.483 e. The number of ether oxygens (including phenoxy) is 1. The van der Waals surface area contributed by atoms with Gasteiger partial charge in [-0.25, -0.2) is 0 Å². The Morgan fingerprint density at radius 3 is 2.87 bits per heavy atom. The molecule has 1 aromatic carbocycles. The predicted octanol–water partition coefficient (Wildman–Crippen LogP) is 2.73. The number of thiophene rings is 1. The van der Waals surface area contributed by atoms with E-state index in [0.717, 1.165) is 10.9 Å². The van der Waals surface area contributed by atoms with Gasteiger partial charge in [0.25, 0.3) is 11.6 Å². The molecular formula is C15H14N2O5S. The third-order valence-corrected chi connectivity index (χ3v) is 4.09. The van der Waals surface area contributed by atoms with Crippen LogP contribution in [0.4, 0.5) is 5.69 Å². The van der Waals surface area contributed by atoms with Gasteiger partial charge in [0.1, 0.15) is 5.75 Å². The van der Waals surface area contributed by atoms with Gasteiger partial charge in [0.05, 0.1) is 16.5 Å². The number of hydrogen-bond donors (Lipinski definition) is 1. The molecule has 0 fully saturated rings. The second-order valence-corrected chi connectivity index (χ2v) is 5.67. The molecule has 8 heteroatoms. The molecule has 0 spiro atoms. The Morgan fingerprint density at radius 1 is 1.48 bits per heavy atom. The molecule has 0 aliphatic rings. The molecule has 0 saturated heterocycles. The number of rotatable bonds is 7. The number of amides is 1. The lowest BCUT2D eigenvalue weighted by atomic mass is 10.2. The molecule has 1 amide bonds. The molecule has 1 N–H and O–H groups in total. The summed E-state index contributed by atoms with van der Waals surface area (Å²) in [5, 5.41) is 15.4. The first-order valence-electron chi connectivity index (χ1n) is 6.70. The van der Waals surface area contributed by atoms with Crippen molar-refractivity contribution in [3.05, 3.63) is 56.3 Å². The van der Waals surface area contributed by atoms with E-state index in [1.807, 2.05) is 24.4 Å². The van der Waals surface area contributed by atoms with Crippen LogP contribution in [-0.4, -0.2) is 23.7 Å². The lowest BCUT2D eigenvalue weighted by Gasteiger charge is -2.13. The second-order valence-electron chi connectivity index (χ2n) is 4.69. The number of nitrogens with zero attached hydrogens (tertiary/aromatic N) is 1. The number of nitrogens with one attached hydrogen (secondary N) is 1. The van der Waals surface area contributed by atoms with E-state index in [1.54, 1.807) is 0 Å². The van der Waals surface area contributed by atoms with Crippen LogP contribution in [0.5, 0.6) is 5.75 Å². The SMILES string of the molecule is CC(NC(=O)COc1ccc([N+](=O)[O-])cc1C=O)c1cccs1. The summed E-state index contributed by atoms with van der Waals surface area (Å²) in [4.78, 5) is 33.9. The zero-order chi connectivity index (χ0) is 16.8. The molecule has 2 aromatic rings. The summed E-state index contributed by atoms with van der Waals surface area (Å²) in [5.74, 6) is -0.217. The molecule has 0 aliphatic heterocycles. The van der Waals surface area contributed by atoms with E-state index in [4.69, 9.17) is 4.74 Å². The first kappa shape index (κ1) is 16.6. The number of non-ortho nitro benzene ring substituents is 1. The molecule has 0 radical (unpaired) electrons. The van der Waals surface area contributed by atoms with Crippen molar-refractivity contribution in [3.63, 3.8) is 0 Å². The Morgan fingerprint density at radius 2 is 2.26 bits per heavy atom. The van der Waals surface area contributed by atoms with Crippen LogP contribution in [0.25, 0.3) is 0 Å². The third kappa shape index (κ3) is 4.36. The van der Waals surface area contributed by atoms with E-state index in [2.05, 4.69) is 5.32 Å². The second kappa shape index (κ2) is 7.50. The van der Waals surface area contributed by atoms with Gasteiger partial charge in [-0.3, -0.25) is 19.7 Å². The highest BCUT2D eigenvalue weighted by molar-refractivity contribution is 7.10. The smallest absolute Gasteiger partial charge is 0.270 e. The Balaban J connectivity index is 1.96. The van der Waals surface area contributed by atoms with Crippen LogP contribution in [0.2, 0.25) is 0 Å². The number of nitro groups is 1. The van der Waals surface area contributed by atoms with Crippen LogP contribution in [-0.2, 0) is 4.79 Å². The zero-order valence-electron chi connectivity index (χ0n) is 12.2. The van der Waals surface area contributed by atoms with E-state index in [0.29, 0.717) is 6.29 Å². The fourth-order valence-corrected chi connectivity index (χ4v) is 2.64. The number of nitro benzene ring substituents is 1. The van der Waals surface area contributed by atoms with Gasteiger partial charge in [-0.2, -0.15) is 0 Å². The fourth-order valence-electron chi connectivity index (χ4n) is 1.91. The highest BCUT2D eigenvalue weighted by Crippen LogP contribution is 2.23. The zero-order valence-corrected chi connectivity index (χ0v) is 13.0. The molecule has 120 valence electrons. The fraction of sp³-hybridized carbons (Fsp3) is 0.200. The molecule has 0 aliphatic carbocycles. The number of hydrogen-bond acceptors (Lipinski definition) is 6. The molecular weight excluding hydrogens is 320 g/mol. The van der Waals surface area contributed by atoms with Crippen LogP contribution in [0.1, 0.15) is 28.2 Å². The highest BCUT2D eigenvalue weighted by atomic mass is 32.1. The van der Waals surface area contributed by atoms with Gasteiger partial charge in [0.15, 0.2) is 12.9 Å². The van der Waals surface area contributed by atoms with Crippen molar-refractivity contribution in [1.82, 2.24) is 5.32 Å². The third-order valence-electron chi connectivity index (χ3n) is 3.04.